The molecule has 0 unspecified atom stereocenters. The molecule has 2 atom stereocenters. The van der Waals surface area contributed by atoms with E-state index in [1.807, 2.05) is 83.8 Å². The molecule has 0 aromatic heterocycles. The fourth-order valence-electron chi connectivity index (χ4n) is 5.57. The Morgan fingerprint density at radius 1 is 0.735 bits per heavy atom. The van der Waals surface area contributed by atoms with Crippen molar-refractivity contribution in [3.63, 3.8) is 0 Å². The summed E-state index contributed by atoms with van der Waals surface area (Å²) < 4.78 is -2.13. The first-order valence-electron chi connectivity index (χ1n) is 11.2. The lowest BCUT2D eigenvalue weighted by Crippen LogP contribution is -2.58. The molecular weight excluding hydrogens is 460 g/mol. The van der Waals surface area contributed by atoms with Gasteiger partial charge in [0.1, 0.15) is 9.49 Å². The third-order valence-electron chi connectivity index (χ3n) is 6.89. The van der Waals surface area contributed by atoms with Crippen molar-refractivity contribution < 1.29 is 9.59 Å². The van der Waals surface area contributed by atoms with E-state index in [9.17, 15) is 9.59 Å². The van der Waals surface area contributed by atoms with Gasteiger partial charge in [0.15, 0.2) is 0 Å². The van der Waals surface area contributed by atoms with E-state index in [-0.39, 0.29) is 18.4 Å². The van der Waals surface area contributed by atoms with E-state index in [2.05, 4.69) is 5.92 Å². The van der Waals surface area contributed by atoms with Gasteiger partial charge in [-0.15, -0.1) is 29.9 Å². The molecule has 3 aliphatic heterocycles. The largest absolute Gasteiger partial charge is 0.306 e. The molecule has 3 heterocycles. The molecule has 6 heteroatoms. The second-order valence-corrected chi connectivity index (χ2v) is 11.2. The molecule has 0 bridgehead atoms. The minimum atomic E-state index is -1.07. The topological polar surface area (TPSA) is 40.6 Å². The molecule has 4 nitrogen and oxygen atoms in total. The number of rotatable bonds is 3. The Morgan fingerprint density at radius 3 is 1.82 bits per heavy atom. The van der Waals surface area contributed by atoms with E-state index in [0.717, 1.165) is 39.6 Å². The molecule has 0 N–H and O–H groups in total. The van der Waals surface area contributed by atoms with Crippen LogP contribution in [-0.4, -0.2) is 29.9 Å². The highest BCUT2D eigenvalue weighted by molar-refractivity contribution is 8.08. The zero-order chi connectivity index (χ0) is 23.3. The van der Waals surface area contributed by atoms with Gasteiger partial charge in [0.2, 0.25) is 0 Å². The van der Waals surface area contributed by atoms with E-state index in [4.69, 9.17) is 6.42 Å². The monoisotopic (exact) mass is 482 g/mol. The van der Waals surface area contributed by atoms with E-state index in [0.29, 0.717) is 6.54 Å². The maximum Gasteiger partial charge on any atom is 0.251 e. The molecule has 2 spiro atoms. The van der Waals surface area contributed by atoms with Gasteiger partial charge in [0.25, 0.3) is 11.8 Å². The van der Waals surface area contributed by atoms with Crippen LogP contribution < -0.4 is 9.80 Å². The molecule has 3 aromatic carbocycles. The van der Waals surface area contributed by atoms with Crippen LogP contribution >= 0.6 is 23.5 Å². The third-order valence-corrected chi connectivity index (χ3v) is 10.4. The lowest BCUT2D eigenvalue weighted by atomic mass is 9.80. The minimum absolute atomic E-state index is 0.0273. The van der Waals surface area contributed by atoms with Crippen LogP contribution in [0.3, 0.4) is 0 Å². The number of nitrogens with zero attached hydrogens (tertiary/aromatic N) is 2. The number of hydrogen-bond acceptors (Lipinski definition) is 4. The summed E-state index contributed by atoms with van der Waals surface area (Å²) in [7, 11) is 0. The summed E-state index contributed by atoms with van der Waals surface area (Å²) in [5.41, 5.74) is 4.55. The van der Waals surface area contributed by atoms with Crippen molar-refractivity contribution in [3.05, 3.63) is 95.6 Å². The van der Waals surface area contributed by atoms with Crippen LogP contribution in [0.15, 0.2) is 78.9 Å². The van der Waals surface area contributed by atoms with Gasteiger partial charge < -0.3 is 4.90 Å². The Labute approximate surface area is 207 Å². The number of hydrogen-bond donors (Lipinski definition) is 0. The second kappa shape index (κ2) is 7.97. The van der Waals surface area contributed by atoms with Gasteiger partial charge in [0.05, 0.1) is 13.1 Å². The van der Waals surface area contributed by atoms with Gasteiger partial charge in [-0.05, 0) is 17.7 Å². The lowest BCUT2D eigenvalue weighted by Gasteiger charge is -2.46. The van der Waals surface area contributed by atoms with Crippen molar-refractivity contribution in [2.45, 2.75) is 16.0 Å². The summed E-state index contributed by atoms with van der Waals surface area (Å²) >= 11 is 3.21. The molecule has 2 amide bonds. The quantitative estimate of drug-likeness (QED) is 0.504. The molecule has 0 aliphatic carbocycles. The van der Waals surface area contributed by atoms with Gasteiger partial charge in [-0.1, -0.05) is 72.7 Å². The number of benzene rings is 3. The molecule has 0 radical (unpaired) electrons. The van der Waals surface area contributed by atoms with Crippen LogP contribution in [0.5, 0.6) is 0 Å². The molecule has 6 rings (SSSR count). The summed E-state index contributed by atoms with van der Waals surface area (Å²) in [6, 6.07) is 25.8. The van der Waals surface area contributed by atoms with Crippen molar-refractivity contribution in [1.29, 1.82) is 0 Å². The van der Waals surface area contributed by atoms with Gasteiger partial charge in [-0.2, -0.15) is 0 Å². The zero-order valence-electron chi connectivity index (χ0n) is 18.4. The molecule has 1 fully saturated rings. The average molecular weight is 483 g/mol. The fraction of sp³-hybridized carbons (Fsp3) is 0.214. The highest BCUT2D eigenvalue weighted by Gasteiger charge is 2.72. The van der Waals surface area contributed by atoms with Crippen molar-refractivity contribution in [3.8, 4) is 12.3 Å². The van der Waals surface area contributed by atoms with Crippen LogP contribution in [0.2, 0.25) is 0 Å². The van der Waals surface area contributed by atoms with Gasteiger partial charge in [0, 0.05) is 34.0 Å². The molecule has 3 aliphatic rings. The van der Waals surface area contributed by atoms with Gasteiger partial charge in [-0.25, -0.2) is 0 Å². The van der Waals surface area contributed by atoms with Crippen molar-refractivity contribution >= 4 is 46.7 Å². The van der Waals surface area contributed by atoms with Gasteiger partial charge >= 0.3 is 0 Å². The number of para-hydroxylation sites is 2. The maximum atomic E-state index is 14.6. The molecular formula is C28H22N2O2S2. The number of carbonyl (C=O) groups excluding carboxylic acids is 2. The van der Waals surface area contributed by atoms with E-state index >= 15 is 0 Å². The highest BCUT2D eigenvalue weighted by atomic mass is 32.2. The Hall–Kier alpha value is -3.14. The predicted molar refractivity (Wildman–Crippen MR) is 140 cm³/mol. The van der Waals surface area contributed by atoms with Crippen molar-refractivity contribution in [1.82, 2.24) is 0 Å². The summed E-state index contributed by atoms with van der Waals surface area (Å²) in [6.07, 6.45) is 5.67. The van der Waals surface area contributed by atoms with Crippen LogP contribution in [0.1, 0.15) is 16.7 Å². The van der Waals surface area contributed by atoms with Crippen molar-refractivity contribution in [2.75, 3.05) is 27.9 Å². The number of terminal acetylenes is 1. The molecule has 168 valence electrons. The first kappa shape index (κ1) is 21.4. The fourth-order valence-corrected chi connectivity index (χ4v) is 9.12. The van der Waals surface area contributed by atoms with Crippen molar-refractivity contribution in [2.24, 2.45) is 0 Å². The van der Waals surface area contributed by atoms with Crippen LogP contribution in [0, 0.1) is 12.3 Å². The average Bonchev–Trinajstić information content (AvgIpc) is 3.25. The zero-order valence-corrected chi connectivity index (χ0v) is 20.1. The first-order valence-corrected chi connectivity index (χ1v) is 13.2. The summed E-state index contributed by atoms with van der Waals surface area (Å²) in [4.78, 5) is 32.5. The maximum absolute atomic E-state index is 14.6. The third kappa shape index (κ3) is 2.65. The number of carbonyl (C=O) groups is 2. The smallest absolute Gasteiger partial charge is 0.251 e. The SMILES string of the molecule is C#CCN1C(=O)[C@]2(SCCS[C@]23C(=O)N(Cc2ccccc2)c2ccccc23)c2ccccc21. The Bertz CT molecular complexity index is 1350. The second-order valence-electron chi connectivity index (χ2n) is 8.57. The summed E-state index contributed by atoms with van der Waals surface area (Å²) in [6.45, 7) is 0.645. The number of amides is 2. The van der Waals surface area contributed by atoms with Crippen LogP contribution in [0.25, 0.3) is 0 Å². The predicted octanol–water partition coefficient (Wildman–Crippen LogP) is 4.78. The molecule has 34 heavy (non-hydrogen) atoms. The van der Waals surface area contributed by atoms with Crippen LogP contribution in [0.4, 0.5) is 11.4 Å². The highest BCUT2D eigenvalue weighted by Crippen LogP contribution is 2.69. The van der Waals surface area contributed by atoms with Gasteiger partial charge in [-0.3, -0.25) is 14.5 Å². The Kier molecular flexibility index (Phi) is 5.02. The standard InChI is InChI=1S/C28H22N2O2S2/c1-2-16-29-23-14-8-6-12-21(23)27(25(29)31)28(34-18-17-33-27)22-13-7-9-15-24(22)30(26(28)32)19-20-10-4-3-5-11-20/h1,3-15H,16-19H2/t27-,28-/m1/s1. The van der Waals surface area contributed by atoms with E-state index in [1.165, 1.54) is 0 Å². The Morgan fingerprint density at radius 2 is 1.24 bits per heavy atom. The number of thioether (sulfide) groups is 2. The number of anilines is 2. The molecule has 1 saturated heterocycles. The molecule has 3 aromatic rings. The Balaban J connectivity index is 1.59. The first-order chi connectivity index (χ1) is 16.6. The minimum Gasteiger partial charge on any atom is -0.306 e. The molecule has 0 saturated carbocycles. The van der Waals surface area contributed by atoms with E-state index < -0.39 is 9.49 Å². The normalized spacial score (nSPS) is 25.0. The lowest BCUT2D eigenvalue weighted by molar-refractivity contribution is -0.127. The van der Waals surface area contributed by atoms with Crippen LogP contribution in [-0.2, 0) is 25.6 Å². The number of fused-ring (bicyclic) bond motifs is 5. The summed E-state index contributed by atoms with van der Waals surface area (Å²) in [5.74, 6) is 4.10. The van der Waals surface area contributed by atoms with E-state index in [1.54, 1.807) is 28.4 Å². The summed E-state index contributed by atoms with van der Waals surface area (Å²) in [5, 5.41) is 0.